The minimum atomic E-state index is -0.599. The Hall–Kier alpha value is -4.11. The van der Waals surface area contributed by atoms with E-state index in [0.717, 1.165) is 21.8 Å². The standard InChI is InChI=1S/C25H21N3O5S/c1-15-22(24(30)28(27(15)2)17-8-4-3-5-9-17)26-21(29)14-33-25(31)20-12-16-13-32-19-11-7-6-10-18(19)23(16)34-20/h3-12H,13-14H2,1-2H3,(H,26,29). The molecule has 0 aliphatic carbocycles. The van der Waals surface area contributed by atoms with E-state index in [4.69, 9.17) is 9.47 Å². The van der Waals surface area contributed by atoms with Gasteiger partial charge in [0.05, 0.1) is 11.4 Å². The Morgan fingerprint density at radius 2 is 1.85 bits per heavy atom. The van der Waals surface area contributed by atoms with Gasteiger partial charge in [0.25, 0.3) is 11.5 Å². The molecule has 0 bridgehead atoms. The summed E-state index contributed by atoms with van der Waals surface area (Å²) in [7, 11) is 1.74. The molecule has 4 aromatic rings. The van der Waals surface area contributed by atoms with Crippen molar-refractivity contribution in [2.24, 2.45) is 7.05 Å². The number of hydrogen-bond donors (Lipinski definition) is 1. The molecule has 1 amide bonds. The van der Waals surface area contributed by atoms with Gasteiger partial charge in [0.15, 0.2) is 6.61 Å². The zero-order chi connectivity index (χ0) is 23.8. The maximum Gasteiger partial charge on any atom is 0.348 e. The number of esters is 1. The topological polar surface area (TPSA) is 91.6 Å². The number of fused-ring (bicyclic) bond motifs is 3. The van der Waals surface area contributed by atoms with Crippen LogP contribution >= 0.6 is 11.3 Å². The molecule has 0 unspecified atom stereocenters. The number of benzene rings is 2. The van der Waals surface area contributed by atoms with Gasteiger partial charge in [0.2, 0.25) is 0 Å². The zero-order valence-corrected chi connectivity index (χ0v) is 19.3. The first-order chi connectivity index (χ1) is 16.4. The lowest BCUT2D eigenvalue weighted by Crippen LogP contribution is -2.25. The summed E-state index contributed by atoms with van der Waals surface area (Å²) in [6, 6.07) is 18.5. The third-order valence-electron chi connectivity index (χ3n) is 5.68. The lowest BCUT2D eigenvalue weighted by Gasteiger charge is -2.16. The number of anilines is 1. The van der Waals surface area contributed by atoms with Crippen LogP contribution < -0.4 is 15.6 Å². The van der Waals surface area contributed by atoms with E-state index in [0.29, 0.717) is 22.9 Å². The lowest BCUT2D eigenvalue weighted by atomic mass is 10.1. The van der Waals surface area contributed by atoms with Crippen molar-refractivity contribution in [2.75, 3.05) is 11.9 Å². The van der Waals surface area contributed by atoms with Gasteiger partial charge >= 0.3 is 5.97 Å². The van der Waals surface area contributed by atoms with Crippen molar-refractivity contribution in [3.63, 3.8) is 0 Å². The molecule has 34 heavy (non-hydrogen) atoms. The van der Waals surface area contributed by atoms with Crippen LogP contribution in [0.25, 0.3) is 16.1 Å². The van der Waals surface area contributed by atoms with Crippen LogP contribution in [0.3, 0.4) is 0 Å². The number of nitrogens with zero attached hydrogens (tertiary/aromatic N) is 2. The summed E-state index contributed by atoms with van der Waals surface area (Å²) in [5, 5.41) is 2.59. The molecule has 0 saturated heterocycles. The molecule has 0 atom stereocenters. The first kappa shape index (κ1) is 21.7. The third-order valence-corrected chi connectivity index (χ3v) is 6.87. The molecule has 8 nitrogen and oxygen atoms in total. The Labute approximate surface area is 199 Å². The van der Waals surface area contributed by atoms with Crippen molar-refractivity contribution in [1.29, 1.82) is 0 Å². The van der Waals surface area contributed by atoms with E-state index in [1.54, 1.807) is 36.9 Å². The Morgan fingerprint density at radius 1 is 1.12 bits per heavy atom. The summed E-state index contributed by atoms with van der Waals surface area (Å²) in [6.07, 6.45) is 0. The van der Waals surface area contributed by atoms with Crippen LogP contribution in [-0.4, -0.2) is 27.8 Å². The predicted molar refractivity (Wildman–Crippen MR) is 129 cm³/mol. The number of ether oxygens (including phenoxy) is 2. The normalized spacial score (nSPS) is 11.8. The van der Waals surface area contributed by atoms with Crippen molar-refractivity contribution in [3.8, 4) is 21.9 Å². The highest BCUT2D eigenvalue weighted by atomic mass is 32.1. The summed E-state index contributed by atoms with van der Waals surface area (Å²) < 4.78 is 14.1. The van der Waals surface area contributed by atoms with Gasteiger partial charge in [-0.2, -0.15) is 0 Å². The quantitative estimate of drug-likeness (QED) is 0.442. The van der Waals surface area contributed by atoms with Crippen LogP contribution in [0.1, 0.15) is 20.9 Å². The van der Waals surface area contributed by atoms with Crippen molar-refractivity contribution in [3.05, 3.63) is 87.2 Å². The second kappa shape index (κ2) is 8.68. The maximum absolute atomic E-state index is 12.9. The minimum Gasteiger partial charge on any atom is -0.488 e. The summed E-state index contributed by atoms with van der Waals surface area (Å²) >= 11 is 1.31. The monoisotopic (exact) mass is 475 g/mol. The highest BCUT2D eigenvalue weighted by Gasteiger charge is 2.24. The molecule has 0 radical (unpaired) electrons. The zero-order valence-electron chi connectivity index (χ0n) is 18.5. The first-order valence-electron chi connectivity index (χ1n) is 10.6. The maximum atomic E-state index is 12.9. The number of para-hydroxylation sites is 2. The number of aromatic nitrogens is 2. The molecule has 9 heteroatoms. The van der Waals surface area contributed by atoms with E-state index >= 15 is 0 Å². The molecule has 0 saturated carbocycles. The smallest absolute Gasteiger partial charge is 0.348 e. The number of amides is 1. The molecular formula is C25H21N3O5S. The van der Waals surface area contributed by atoms with Crippen LogP contribution in [0.4, 0.5) is 5.69 Å². The Bertz CT molecular complexity index is 1470. The molecule has 2 aromatic heterocycles. The molecular weight excluding hydrogens is 454 g/mol. The first-order valence-corrected chi connectivity index (χ1v) is 11.4. The highest BCUT2D eigenvalue weighted by Crippen LogP contribution is 2.42. The van der Waals surface area contributed by atoms with Gasteiger partial charge in [-0.3, -0.25) is 14.3 Å². The number of thiophene rings is 1. The summed E-state index contributed by atoms with van der Waals surface area (Å²) in [5.74, 6) is -0.414. The Kier molecular flexibility index (Phi) is 5.54. The molecule has 0 fully saturated rings. The van der Waals surface area contributed by atoms with Gasteiger partial charge < -0.3 is 14.8 Å². The van der Waals surface area contributed by atoms with E-state index in [-0.39, 0.29) is 11.2 Å². The second-order valence-corrected chi connectivity index (χ2v) is 8.86. The van der Waals surface area contributed by atoms with Gasteiger partial charge in [-0.15, -0.1) is 11.3 Å². The molecule has 3 heterocycles. The van der Waals surface area contributed by atoms with Crippen LogP contribution in [-0.2, 0) is 23.2 Å². The number of nitrogens with one attached hydrogen (secondary N) is 1. The summed E-state index contributed by atoms with van der Waals surface area (Å²) in [6.45, 7) is 1.60. The minimum absolute atomic E-state index is 0.146. The fourth-order valence-electron chi connectivity index (χ4n) is 3.89. The lowest BCUT2D eigenvalue weighted by molar-refractivity contribution is -0.119. The van der Waals surface area contributed by atoms with E-state index in [9.17, 15) is 14.4 Å². The van der Waals surface area contributed by atoms with Crippen molar-refractivity contribution < 1.29 is 19.1 Å². The van der Waals surface area contributed by atoms with Crippen LogP contribution in [0, 0.1) is 6.92 Å². The van der Waals surface area contributed by atoms with Crippen molar-refractivity contribution >= 4 is 28.9 Å². The highest BCUT2D eigenvalue weighted by molar-refractivity contribution is 7.17. The number of hydrogen-bond acceptors (Lipinski definition) is 6. The number of carbonyl (C=O) groups excluding carboxylic acids is 2. The third kappa shape index (κ3) is 3.80. The second-order valence-electron chi connectivity index (χ2n) is 7.81. The SMILES string of the molecule is Cc1c(NC(=O)COC(=O)c2cc3c(s2)-c2ccccc2OC3)c(=O)n(-c2ccccc2)n1C. The molecule has 1 N–H and O–H groups in total. The number of rotatable bonds is 5. The van der Waals surface area contributed by atoms with Crippen LogP contribution in [0.5, 0.6) is 5.75 Å². The Morgan fingerprint density at radius 3 is 2.65 bits per heavy atom. The average Bonchev–Trinajstić information content (AvgIpc) is 3.39. The summed E-state index contributed by atoms with van der Waals surface area (Å²) in [4.78, 5) is 39.4. The van der Waals surface area contributed by atoms with Crippen LogP contribution in [0.15, 0.2) is 65.5 Å². The van der Waals surface area contributed by atoms with Gasteiger partial charge in [0.1, 0.15) is 22.9 Å². The molecule has 1 aliphatic heterocycles. The summed E-state index contributed by atoms with van der Waals surface area (Å²) in [5.41, 5.74) is 2.87. The van der Waals surface area contributed by atoms with Gasteiger partial charge in [-0.1, -0.05) is 30.3 Å². The van der Waals surface area contributed by atoms with E-state index < -0.39 is 18.5 Å². The largest absolute Gasteiger partial charge is 0.488 e. The molecule has 5 rings (SSSR count). The Balaban J connectivity index is 1.28. The van der Waals surface area contributed by atoms with E-state index in [2.05, 4.69) is 5.32 Å². The molecule has 0 spiro atoms. The molecule has 172 valence electrons. The van der Waals surface area contributed by atoms with Crippen molar-refractivity contribution in [2.45, 2.75) is 13.5 Å². The molecule has 1 aliphatic rings. The fraction of sp³-hybridized carbons (Fsp3) is 0.160. The molecule has 2 aromatic carbocycles. The van der Waals surface area contributed by atoms with Gasteiger partial charge in [0, 0.05) is 23.1 Å². The van der Waals surface area contributed by atoms with Gasteiger partial charge in [-0.05, 0) is 37.3 Å². The average molecular weight is 476 g/mol. The van der Waals surface area contributed by atoms with Gasteiger partial charge in [-0.25, -0.2) is 9.48 Å². The van der Waals surface area contributed by atoms with E-state index in [1.165, 1.54) is 16.0 Å². The van der Waals surface area contributed by atoms with Crippen molar-refractivity contribution in [1.82, 2.24) is 9.36 Å². The number of carbonyl (C=O) groups is 2. The van der Waals surface area contributed by atoms with E-state index in [1.807, 2.05) is 42.5 Å². The predicted octanol–water partition coefficient (Wildman–Crippen LogP) is 3.90. The fourth-order valence-corrected chi connectivity index (χ4v) is 4.98. The van der Waals surface area contributed by atoms with Crippen LogP contribution in [0.2, 0.25) is 0 Å².